The predicted octanol–water partition coefficient (Wildman–Crippen LogP) is 3.46. The molecule has 0 amide bonds. The molecule has 0 spiro atoms. The summed E-state index contributed by atoms with van der Waals surface area (Å²) in [4.78, 5) is 0.0418. The Labute approximate surface area is 137 Å². The average Bonchev–Trinajstić information content (AvgIpc) is 2.67. The second kappa shape index (κ2) is 5.91. The number of sulfonamides is 1. The van der Waals surface area contributed by atoms with Crippen molar-refractivity contribution in [1.29, 1.82) is 0 Å². The van der Waals surface area contributed by atoms with Gasteiger partial charge in [-0.25, -0.2) is 8.42 Å². The van der Waals surface area contributed by atoms with Gasteiger partial charge < -0.3 is 4.74 Å². The van der Waals surface area contributed by atoms with Crippen LogP contribution >= 0.6 is 46.1 Å². The molecule has 1 aliphatic heterocycles. The quantitative estimate of drug-likeness (QED) is 0.757. The van der Waals surface area contributed by atoms with Gasteiger partial charge in [0, 0.05) is 19.0 Å². The van der Waals surface area contributed by atoms with Crippen LogP contribution in [0.4, 0.5) is 0 Å². The van der Waals surface area contributed by atoms with Crippen molar-refractivity contribution in [2.75, 3.05) is 19.0 Å². The zero-order valence-corrected chi connectivity index (χ0v) is 14.8. The first-order valence-corrected chi connectivity index (χ1v) is 9.39. The third kappa shape index (κ3) is 3.43. The molecule has 0 bridgehead atoms. The van der Waals surface area contributed by atoms with Crippen molar-refractivity contribution < 1.29 is 13.2 Å². The van der Waals surface area contributed by atoms with Crippen LogP contribution in [0.2, 0.25) is 8.67 Å². The minimum Gasteiger partial charge on any atom is -0.368 e. The van der Waals surface area contributed by atoms with Crippen molar-refractivity contribution in [2.24, 2.45) is 0 Å². The van der Waals surface area contributed by atoms with E-state index in [9.17, 15) is 8.42 Å². The zero-order valence-electron chi connectivity index (χ0n) is 10.9. The molecule has 20 heavy (non-hydrogen) atoms. The van der Waals surface area contributed by atoms with E-state index >= 15 is 0 Å². The first-order chi connectivity index (χ1) is 9.15. The number of rotatable bonds is 3. The Morgan fingerprint density at radius 2 is 2.15 bits per heavy atom. The van der Waals surface area contributed by atoms with E-state index in [-0.39, 0.29) is 34.3 Å². The highest BCUT2D eigenvalue weighted by Gasteiger charge is 2.40. The molecule has 1 atom stereocenters. The molecule has 0 aromatic carbocycles. The van der Waals surface area contributed by atoms with Gasteiger partial charge in [0.2, 0.25) is 10.0 Å². The lowest BCUT2D eigenvalue weighted by molar-refractivity contribution is -0.107. The van der Waals surface area contributed by atoms with E-state index in [0.29, 0.717) is 4.34 Å². The zero-order chi connectivity index (χ0) is 15.1. The summed E-state index contributed by atoms with van der Waals surface area (Å²) in [5, 5.41) is 0. The molecule has 0 saturated carbocycles. The van der Waals surface area contributed by atoms with E-state index in [1.807, 2.05) is 13.8 Å². The summed E-state index contributed by atoms with van der Waals surface area (Å²) in [6.45, 7) is 4.11. The maximum atomic E-state index is 12.7. The van der Waals surface area contributed by atoms with Crippen molar-refractivity contribution in [1.82, 2.24) is 4.31 Å². The minimum absolute atomic E-state index is 0.0418. The lowest BCUT2D eigenvalue weighted by Crippen LogP contribution is -2.55. The van der Waals surface area contributed by atoms with Crippen LogP contribution in [0.25, 0.3) is 0 Å². The molecule has 2 rings (SSSR count). The highest BCUT2D eigenvalue weighted by Crippen LogP contribution is 2.37. The van der Waals surface area contributed by atoms with Crippen LogP contribution in [-0.2, 0) is 14.8 Å². The van der Waals surface area contributed by atoms with E-state index in [1.165, 1.54) is 10.4 Å². The summed E-state index contributed by atoms with van der Waals surface area (Å²) in [6, 6.07) is 1.38. The van der Waals surface area contributed by atoms with Crippen molar-refractivity contribution >= 4 is 56.2 Å². The maximum Gasteiger partial charge on any atom is 0.245 e. The highest BCUT2D eigenvalue weighted by molar-refractivity contribution is 7.89. The molecule has 0 N–H and O–H groups in total. The van der Waals surface area contributed by atoms with Crippen LogP contribution in [0.3, 0.4) is 0 Å². The number of hydrogen-bond donors (Lipinski definition) is 0. The fourth-order valence-electron chi connectivity index (χ4n) is 2.15. The molecule has 0 radical (unpaired) electrons. The topological polar surface area (TPSA) is 46.6 Å². The standard InChI is InChI=1S/C11H14Cl3NO3S2/c1-11(2)6-15(5-7(4-12)18-11)20(16,17)8-3-9(13)19-10(8)14/h3,7H,4-6H2,1-2H3. The Morgan fingerprint density at radius 1 is 1.50 bits per heavy atom. The summed E-state index contributed by atoms with van der Waals surface area (Å²) in [7, 11) is -3.70. The summed E-state index contributed by atoms with van der Waals surface area (Å²) in [5.41, 5.74) is -0.600. The molecule has 1 unspecified atom stereocenters. The third-order valence-electron chi connectivity index (χ3n) is 2.87. The van der Waals surface area contributed by atoms with Gasteiger partial charge in [-0.15, -0.1) is 22.9 Å². The van der Waals surface area contributed by atoms with Crippen molar-refractivity contribution in [3.05, 3.63) is 14.7 Å². The van der Waals surface area contributed by atoms with Gasteiger partial charge in [0.15, 0.2) is 0 Å². The average molecular weight is 379 g/mol. The fourth-order valence-corrected chi connectivity index (χ4v) is 6.04. The van der Waals surface area contributed by atoms with E-state index in [0.717, 1.165) is 11.3 Å². The lowest BCUT2D eigenvalue weighted by atomic mass is 10.1. The monoisotopic (exact) mass is 377 g/mol. The molecule has 1 aliphatic rings. The number of hydrogen-bond acceptors (Lipinski definition) is 4. The Bertz CT molecular complexity index is 600. The second-order valence-electron chi connectivity index (χ2n) is 5.14. The first-order valence-electron chi connectivity index (χ1n) is 5.84. The highest BCUT2D eigenvalue weighted by atomic mass is 35.5. The van der Waals surface area contributed by atoms with Gasteiger partial charge in [-0.2, -0.15) is 4.31 Å². The number of halogens is 3. The van der Waals surface area contributed by atoms with Crippen LogP contribution in [0.15, 0.2) is 11.0 Å². The van der Waals surface area contributed by atoms with Crippen LogP contribution in [0.5, 0.6) is 0 Å². The normalized spacial score (nSPS) is 23.9. The van der Waals surface area contributed by atoms with Crippen molar-refractivity contribution in [3.8, 4) is 0 Å². The van der Waals surface area contributed by atoms with Gasteiger partial charge in [0.05, 0.1) is 16.0 Å². The van der Waals surface area contributed by atoms with E-state index in [2.05, 4.69) is 0 Å². The summed E-state index contributed by atoms with van der Waals surface area (Å²) >= 11 is 18.6. The van der Waals surface area contributed by atoms with Gasteiger partial charge in [0.1, 0.15) is 9.23 Å². The smallest absolute Gasteiger partial charge is 0.245 e. The fraction of sp³-hybridized carbons (Fsp3) is 0.636. The Morgan fingerprint density at radius 3 is 2.65 bits per heavy atom. The number of alkyl halides is 1. The molecule has 1 aromatic rings. The Hall–Kier alpha value is 0.440. The van der Waals surface area contributed by atoms with Gasteiger partial charge in [0.25, 0.3) is 0 Å². The molecular formula is C11H14Cl3NO3S2. The molecule has 0 aliphatic carbocycles. The number of morpholine rings is 1. The van der Waals surface area contributed by atoms with E-state index < -0.39 is 15.6 Å². The van der Waals surface area contributed by atoms with Gasteiger partial charge in [-0.1, -0.05) is 23.2 Å². The molecule has 2 heterocycles. The van der Waals surface area contributed by atoms with Gasteiger partial charge >= 0.3 is 0 Å². The molecule has 4 nitrogen and oxygen atoms in total. The summed E-state index contributed by atoms with van der Waals surface area (Å²) in [5.74, 6) is 0.230. The van der Waals surface area contributed by atoms with Crippen LogP contribution in [0, 0.1) is 0 Å². The van der Waals surface area contributed by atoms with E-state index in [1.54, 1.807) is 0 Å². The lowest BCUT2D eigenvalue weighted by Gasteiger charge is -2.41. The first kappa shape index (κ1) is 16.8. The number of ether oxygens (including phenoxy) is 1. The number of thiophene rings is 1. The van der Waals surface area contributed by atoms with E-state index in [4.69, 9.17) is 39.5 Å². The van der Waals surface area contributed by atoms with Crippen LogP contribution < -0.4 is 0 Å². The van der Waals surface area contributed by atoms with Crippen molar-refractivity contribution in [3.63, 3.8) is 0 Å². The summed E-state index contributed by atoms with van der Waals surface area (Å²) < 4.78 is 32.9. The molecular weight excluding hydrogens is 365 g/mol. The molecule has 9 heteroatoms. The Kier molecular flexibility index (Phi) is 4.97. The molecule has 1 saturated heterocycles. The Balaban J connectivity index is 2.36. The van der Waals surface area contributed by atoms with Crippen molar-refractivity contribution in [2.45, 2.75) is 30.4 Å². The SMILES string of the molecule is CC1(C)CN(S(=O)(=O)c2cc(Cl)sc2Cl)CC(CCl)O1. The molecule has 1 fully saturated rings. The number of nitrogens with zero attached hydrogens (tertiary/aromatic N) is 1. The largest absolute Gasteiger partial charge is 0.368 e. The van der Waals surface area contributed by atoms with Crippen LogP contribution in [0.1, 0.15) is 13.8 Å². The second-order valence-corrected chi connectivity index (χ2v) is 9.64. The van der Waals surface area contributed by atoms with Crippen LogP contribution in [-0.4, -0.2) is 43.4 Å². The molecule has 114 valence electrons. The predicted molar refractivity (Wildman–Crippen MR) is 82.8 cm³/mol. The summed E-state index contributed by atoms with van der Waals surface area (Å²) in [6.07, 6.45) is -0.344. The van der Waals surface area contributed by atoms with Gasteiger partial charge in [-0.05, 0) is 19.9 Å². The maximum absolute atomic E-state index is 12.7. The minimum atomic E-state index is -3.70. The molecule has 1 aromatic heterocycles. The third-order valence-corrected chi connectivity index (χ3v) is 6.77. The van der Waals surface area contributed by atoms with Gasteiger partial charge in [-0.3, -0.25) is 0 Å².